The van der Waals surface area contributed by atoms with E-state index in [4.69, 9.17) is 19.3 Å². The average molecular weight is 432 g/mol. The molecule has 162 valence electrons. The second-order valence-corrected chi connectivity index (χ2v) is 8.32. The van der Waals surface area contributed by atoms with Crippen molar-refractivity contribution < 1.29 is 14.2 Å². The molecular weight excluding hydrogens is 402 g/mol. The van der Waals surface area contributed by atoms with Crippen molar-refractivity contribution in [1.29, 1.82) is 0 Å². The quantitative estimate of drug-likeness (QED) is 0.536. The van der Waals surface area contributed by atoms with Gasteiger partial charge in [-0.25, -0.2) is 0 Å². The Bertz CT molecular complexity index is 975. The summed E-state index contributed by atoms with van der Waals surface area (Å²) >= 11 is 1.52. The predicted octanol–water partition coefficient (Wildman–Crippen LogP) is 3.86. The van der Waals surface area contributed by atoms with Gasteiger partial charge in [0.2, 0.25) is 10.7 Å². The first-order valence-corrected chi connectivity index (χ1v) is 11.4. The summed E-state index contributed by atoms with van der Waals surface area (Å²) in [6.07, 6.45) is 2.28. The summed E-state index contributed by atoms with van der Waals surface area (Å²) in [5.74, 6) is 3.27. The molecule has 0 aliphatic carbocycles. The molecule has 0 unspecified atom stereocenters. The summed E-state index contributed by atoms with van der Waals surface area (Å²) in [5, 5.41) is 14.6. The third kappa shape index (κ3) is 4.09. The fraction of sp³-hybridized carbons (Fsp3) is 0.571. The van der Waals surface area contributed by atoms with Crippen LogP contribution in [0.2, 0.25) is 0 Å². The number of rotatable bonds is 8. The van der Waals surface area contributed by atoms with Gasteiger partial charge in [0, 0.05) is 18.0 Å². The van der Waals surface area contributed by atoms with Crippen molar-refractivity contribution in [2.24, 2.45) is 0 Å². The number of benzene rings is 1. The van der Waals surface area contributed by atoms with Crippen molar-refractivity contribution >= 4 is 16.3 Å². The second kappa shape index (κ2) is 9.18. The Morgan fingerprint density at radius 3 is 2.37 bits per heavy atom. The Kier molecular flexibility index (Phi) is 6.38. The van der Waals surface area contributed by atoms with Gasteiger partial charge in [0.25, 0.3) is 0 Å². The number of hydrogen-bond donors (Lipinski definition) is 0. The molecule has 2 aromatic heterocycles. The minimum absolute atomic E-state index is 0.354. The van der Waals surface area contributed by atoms with E-state index in [9.17, 15) is 0 Å². The number of likely N-dealkylation sites (tertiary alicyclic amines) is 1. The van der Waals surface area contributed by atoms with Gasteiger partial charge in [0.15, 0.2) is 17.3 Å². The molecule has 30 heavy (non-hydrogen) atoms. The number of hydrogen-bond acceptors (Lipinski definition) is 8. The summed E-state index contributed by atoms with van der Waals surface area (Å²) in [5.41, 5.74) is 0.924. The standard InChI is InChI=1S/C21H29N5O3S/c1-5-27-16-11-15(12-17(28-6-2)18(16)29-7-3)20-24-26-19(22-23-21(26)30-20)14-9-8-10-25(4)13-14/h11-12,14H,5-10,13H2,1-4H3/t14-/m0/s1. The Balaban J connectivity index is 1.74. The van der Waals surface area contributed by atoms with E-state index in [1.165, 1.54) is 17.8 Å². The molecule has 0 bridgehead atoms. The lowest BCUT2D eigenvalue weighted by Gasteiger charge is -2.28. The van der Waals surface area contributed by atoms with Crippen molar-refractivity contribution in [3.8, 4) is 27.8 Å². The molecule has 0 radical (unpaired) electrons. The molecule has 1 fully saturated rings. The van der Waals surface area contributed by atoms with Crippen LogP contribution in [0.3, 0.4) is 0 Å². The van der Waals surface area contributed by atoms with Crippen LogP contribution in [0.15, 0.2) is 12.1 Å². The smallest absolute Gasteiger partial charge is 0.234 e. The predicted molar refractivity (Wildman–Crippen MR) is 117 cm³/mol. The molecular formula is C21H29N5O3S. The second-order valence-electron chi connectivity index (χ2n) is 7.36. The fourth-order valence-electron chi connectivity index (χ4n) is 3.89. The van der Waals surface area contributed by atoms with Gasteiger partial charge in [-0.3, -0.25) is 0 Å². The zero-order chi connectivity index (χ0) is 21.1. The maximum absolute atomic E-state index is 5.86. The zero-order valence-corrected chi connectivity index (χ0v) is 18.9. The lowest BCUT2D eigenvalue weighted by atomic mass is 9.98. The van der Waals surface area contributed by atoms with Crippen LogP contribution in [0.4, 0.5) is 0 Å². The maximum Gasteiger partial charge on any atom is 0.234 e. The van der Waals surface area contributed by atoms with E-state index >= 15 is 0 Å². The SMILES string of the molecule is CCOc1cc(-c2nn3c([C@H]4CCCN(C)C4)nnc3s2)cc(OCC)c1OCC. The normalized spacial score (nSPS) is 17.4. The third-order valence-electron chi connectivity index (χ3n) is 5.16. The van der Waals surface area contributed by atoms with Gasteiger partial charge in [-0.15, -0.1) is 10.2 Å². The van der Waals surface area contributed by atoms with Crippen LogP contribution in [-0.4, -0.2) is 64.7 Å². The molecule has 0 amide bonds. The molecule has 0 saturated carbocycles. The Hall–Kier alpha value is -2.39. The highest BCUT2D eigenvalue weighted by molar-refractivity contribution is 7.19. The molecule has 0 N–H and O–H groups in total. The van der Waals surface area contributed by atoms with Gasteiger partial charge >= 0.3 is 0 Å². The number of nitrogens with zero attached hydrogens (tertiary/aromatic N) is 5. The van der Waals surface area contributed by atoms with Crippen LogP contribution in [0.25, 0.3) is 15.5 Å². The Morgan fingerprint density at radius 2 is 1.73 bits per heavy atom. The molecule has 3 heterocycles. The van der Waals surface area contributed by atoms with Crippen molar-refractivity contribution in [2.45, 2.75) is 39.5 Å². The van der Waals surface area contributed by atoms with E-state index in [1.54, 1.807) is 0 Å². The molecule has 1 aromatic carbocycles. The minimum Gasteiger partial charge on any atom is -0.490 e. The molecule has 8 nitrogen and oxygen atoms in total. The molecule has 1 atom stereocenters. The van der Waals surface area contributed by atoms with Gasteiger partial charge in [-0.2, -0.15) is 9.61 Å². The lowest BCUT2D eigenvalue weighted by molar-refractivity contribution is 0.244. The lowest BCUT2D eigenvalue weighted by Crippen LogP contribution is -2.31. The Morgan fingerprint density at radius 1 is 1.03 bits per heavy atom. The average Bonchev–Trinajstić information content (AvgIpc) is 3.31. The van der Waals surface area contributed by atoms with Crippen molar-refractivity contribution in [2.75, 3.05) is 40.0 Å². The number of likely N-dealkylation sites (N-methyl/N-ethyl adjacent to an activating group) is 1. The highest BCUT2D eigenvalue weighted by Crippen LogP contribution is 2.43. The van der Waals surface area contributed by atoms with Gasteiger partial charge in [-0.1, -0.05) is 11.3 Å². The molecule has 3 aromatic rings. The van der Waals surface area contributed by atoms with E-state index in [-0.39, 0.29) is 0 Å². The van der Waals surface area contributed by atoms with E-state index < -0.39 is 0 Å². The van der Waals surface area contributed by atoms with E-state index in [2.05, 4.69) is 22.1 Å². The third-order valence-corrected chi connectivity index (χ3v) is 6.11. The number of ether oxygens (including phenoxy) is 3. The summed E-state index contributed by atoms with van der Waals surface area (Å²) in [7, 11) is 2.15. The zero-order valence-electron chi connectivity index (χ0n) is 18.1. The maximum atomic E-state index is 5.86. The van der Waals surface area contributed by atoms with Crippen LogP contribution in [0.1, 0.15) is 45.4 Å². The topological polar surface area (TPSA) is 74.0 Å². The van der Waals surface area contributed by atoms with Crippen molar-refractivity contribution in [1.82, 2.24) is 24.7 Å². The number of aromatic nitrogens is 4. The van der Waals surface area contributed by atoms with E-state index in [0.717, 1.165) is 40.9 Å². The summed E-state index contributed by atoms with van der Waals surface area (Å²) < 4.78 is 19.4. The summed E-state index contributed by atoms with van der Waals surface area (Å²) in [6.45, 7) is 9.60. The summed E-state index contributed by atoms with van der Waals surface area (Å²) in [4.78, 5) is 3.15. The molecule has 4 rings (SSSR count). The van der Waals surface area contributed by atoms with Gasteiger partial charge in [0.1, 0.15) is 5.01 Å². The number of fused-ring (bicyclic) bond motifs is 1. The molecule has 1 aliphatic rings. The highest BCUT2D eigenvalue weighted by atomic mass is 32.1. The first-order valence-electron chi connectivity index (χ1n) is 10.6. The van der Waals surface area contributed by atoms with Crippen LogP contribution >= 0.6 is 11.3 Å². The van der Waals surface area contributed by atoms with Crippen molar-refractivity contribution in [3.05, 3.63) is 18.0 Å². The van der Waals surface area contributed by atoms with Crippen LogP contribution in [0, 0.1) is 0 Å². The minimum atomic E-state index is 0.354. The van der Waals surface area contributed by atoms with Crippen LogP contribution in [0.5, 0.6) is 17.2 Å². The van der Waals surface area contributed by atoms with E-state index in [0.29, 0.717) is 43.0 Å². The van der Waals surface area contributed by atoms with Gasteiger partial charge < -0.3 is 19.1 Å². The monoisotopic (exact) mass is 431 g/mol. The van der Waals surface area contributed by atoms with E-state index in [1.807, 2.05) is 37.4 Å². The first kappa shape index (κ1) is 20.9. The van der Waals surface area contributed by atoms with Gasteiger partial charge in [-0.05, 0) is 59.3 Å². The summed E-state index contributed by atoms with van der Waals surface area (Å²) in [6, 6.07) is 3.94. The molecule has 0 spiro atoms. The largest absolute Gasteiger partial charge is 0.490 e. The molecule has 1 aliphatic heterocycles. The number of piperidine rings is 1. The van der Waals surface area contributed by atoms with Gasteiger partial charge in [0.05, 0.1) is 19.8 Å². The fourth-order valence-corrected chi connectivity index (χ4v) is 4.73. The highest BCUT2D eigenvalue weighted by Gasteiger charge is 2.26. The van der Waals surface area contributed by atoms with Crippen molar-refractivity contribution in [3.63, 3.8) is 0 Å². The van der Waals surface area contributed by atoms with Crippen LogP contribution in [-0.2, 0) is 0 Å². The molecule has 1 saturated heterocycles. The first-order chi connectivity index (χ1) is 14.6. The molecule has 9 heteroatoms. The Labute approximate surface area is 180 Å². The van der Waals surface area contributed by atoms with Crippen LogP contribution < -0.4 is 14.2 Å².